The topological polar surface area (TPSA) is 118 Å². The predicted octanol–water partition coefficient (Wildman–Crippen LogP) is -0.862. The van der Waals surface area contributed by atoms with E-state index in [1.807, 2.05) is 0 Å². The zero-order valence-electron chi connectivity index (χ0n) is 10.5. The van der Waals surface area contributed by atoms with E-state index in [0.29, 0.717) is 0 Å². The molecule has 8 nitrogen and oxygen atoms in total. The van der Waals surface area contributed by atoms with Gasteiger partial charge in [-0.25, -0.2) is 13.1 Å². The highest BCUT2D eigenvalue weighted by Crippen LogP contribution is 2.13. The maximum Gasteiger partial charge on any atom is 0.304 e. The van der Waals surface area contributed by atoms with Gasteiger partial charge in [-0.1, -0.05) is 0 Å². The maximum absolute atomic E-state index is 11.8. The Morgan fingerprint density at radius 3 is 2.58 bits per heavy atom. The molecule has 0 saturated carbocycles. The van der Waals surface area contributed by atoms with Crippen LogP contribution in [-0.2, 0) is 21.9 Å². The fourth-order valence-electron chi connectivity index (χ4n) is 1.41. The lowest BCUT2D eigenvalue weighted by atomic mass is 10.4. The molecule has 0 aliphatic heterocycles. The minimum atomic E-state index is -3.81. The molecule has 19 heavy (non-hydrogen) atoms. The second-order valence-corrected chi connectivity index (χ2v) is 5.56. The molecule has 1 aromatic rings. The summed E-state index contributed by atoms with van der Waals surface area (Å²) in [7, 11) is -0.832. The molecule has 0 aromatic carbocycles. The number of aliphatic carboxylic acids is 1. The van der Waals surface area contributed by atoms with E-state index in [9.17, 15) is 18.0 Å². The van der Waals surface area contributed by atoms with Gasteiger partial charge in [0.25, 0.3) is 5.91 Å². The summed E-state index contributed by atoms with van der Waals surface area (Å²) in [6, 6.07) is 1.22. The van der Waals surface area contributed by atoms with Crippen molar-refractivity contribution in [1.29, 1.82) is 0 Å². The molecule has 1 rings (SSSR count). The summed E-state index contributed by atoms with van der Waals surface area (Å²) < 4.78 is 27.2. The molecule has 1 amide bonds. The Labute approximate surface area is 110 Å². The van der Waals surface area contributed by atoms with Crippen LogP contribution in [0.25, 0.3) is 0 Å². The third-order valence-corrected chi connectivity index (χ3v) is 3.81. The molecule has 0 fully saturated rings. The molecule has 0 aliphatic carbocycles. The molecular weight excluding hydrogens is 274 g/mol. The summed E-state index contributed by atoms with van der Waals surface area (Å²) >= 11 is 0. The number of rotatable bonds is 6. The zero-order valence-corrected chi connectivity index (χ0v) is 11.3. The first-order chi connectivity index (χ1) is 8.77. The highest BCUT2D eigenvalue weighted by atomic mass is 32.2. The van der Waals surface area contributed by atoms with Gasteiger partial charge in [-0.3, -0.25) is 9.59 Å². The molecule has 1 heterocycles. The Kier molecular flexibility index (Phi) is 4.67. The number of aromatic nitrogens is 1. The van der Waals surface area contributed by atoms with Crippen LogP contribution in [0.3, 0.4) is 0 Å². The van der Waals surface area contributed by atoms with Crippen LogP contribution in [0.4, 0.5) is 0 Å². The van der Waals surface area contributed by atoms with Gasteiger partial charge < -0.3 is 15.0 Å². The van der Waals surface area contributed by atoms with Gasteiger partial charge in [0.15, 0.2) is 0 Å². The Morgan fingerprint density at radius 2 is 2.05 bits per heavy atom. The van der Waals surface area contributed by atoms with Gasteiger partial charge in [0.05, 0.1) is 6.42 Å². The van der Waals surface area contributed by atoms with Crippen LogP contribution in [0.15, 0.2) is 17.2 Å². The van der Waals surface area contributed by atoms with Gasteiger partial charge in [0.2, 0.25) is 10.0 Å². The van der Waals surface area contributed by atoms with Gasteiger partial charge in [-0.15, -0.1) is 0 Å². The van der Waals surface area contributed by atoms with Crippen LogP contribution < -0.4 is 10.0 Å². The average molecular weight is 289 g/mol. The normalized spacial score (nSPS) is 11.3. The molecule has 0 radical (unpaired) electrons. The highest BCUT2D eigenvalue weighted by Gasteiger charge is 2.19. The van der Waals surface area contributed by atoms with Crippen LogP contribution >= 0.6 is 0 Å². The minimum absolute atomic E-state index is 0.0843. The largest absolute Gasteiger partial charge is 0.481 e. The number of amides is 1. The van der Waals surface area contributed by atoms with E-state index in [1.165, 1.54) is 23.9 Å². The summed E-state index contributed by atoms with van der Waals surface area (Å²) in [5.41, 5.74) is 0.195. The van der Waals surface area contributed by atoms with Gasteiger partial charge in [-0.05, 0) is 6.07 Å². The van der Waals surface area contributed by atoms with Crippen molar-refractivity contribution in [2.24, 2.45) is 7.05 Å². The molecule has 3 N–H and O–H groups in total. The van der Waals surface area contributed by atoms with Crippen LogP contribution in [-0.4, -0.2) is 43.6 Å². The Bertz CT molecular complexity index is 590. The van der Waals surface area contributed by atoms with Crippen molar-refractivity contribution in [3.63, 3.8) is 0 Å². The molecule has 0 saturated heterocycles. The second-order valence-electron chi connectivity index (χ2n) is 3.79. The van der Waals surface area contributed by atoms with Crippen LogP contribution in [0, 0.1) is 0 Å². The Balaban J connectivity index is 2.90. The first-order valence-corrected chi connectivity index (χ1v) is 6.86. The van der Waals surface area contributed by atoms with E-state index in [4.69, 9.17) is 5.11 Å². The molecule has 0 aliphatic rings. The van der Waals surface area contributed by atoms with E-state index in [0.717, 1.165) is 0 Å². The van der Waals surface area contributed by atoms with Crippen molar-refractivity contribution in [2.75, 3.05) is 13.6 Å². The highest BCUT2D eigenvalue weighted by molar-refractivity contribution is 7.89. The lowest BCUT2D eigenvalue weighted by Crippen LogP contribution is -2.26. The van der Waals surface area contributed by atoms with E-state index < -0.39 is 21.9 Å². The molecule has 0 bridgehead atoms. The second kappa shape index (κ2) is 5.85. The number of sulfonamides is 1. The van der Waals surface area contributed by atoms with Crippen molar-refractivity contribution < 1.29 is 23.1 Å². The number of carboxylic acids is 1. The molecule has 0 unspecified atom stereocenters. The molecule has 0 spiro atoms. The van der Waals surface area contributed by atoms with Crippen molar-refractivity contribution >= 4 is 21.9 Å². The summed E-state index contributed by atoms with van der Waals surface area (Å²) in [4.78, 5) is 21.7. The molecule has 0 atom stereocenters. The lowest BCUT2D eigenvalue weighted by Gasteiger charge is -2.02. The summed E-state index contributed by atoms with van der Waals surface area (Å²) in [6.07, 6.45) is 0.974. The molecule has 106 valence electrons. The smallest absolute Gasteiger partial charge is 0.304 e. The van der Waals surface area contributed by atoms with Crippen molar-refractivity contribution in [2.45, 2.75) is 11.3 Å². The monoisotopic (exact) mass is 289 g/mol. The van der Waals surface area contributed by atoms with E-state index >= 15 is 0 Å². The quantitative estimate of drug-likeness (QED) is 0.629. The van der Waals surface area contributed by atoms with Gasteiger partial charge >= 0.3 is 5.97 Å². The standard InChI is InChI=1S/C10H15N3O5S/c1-11-10(16)8-5-7(6-13(8)2)19(17,18)12-4-3-9(14)15/h5-6,12H,3-4H2,1-2H3,(H,11,16)(H,14,15). The van der Waals surface area contributed by atoms with E-state index in [1.54, 1.807) is 7.05 Å². The third kappa shape index (κ3) is 3.80. The zero-order chi connectivity index (χ0) is 14.6. The molecule has 9 heteroatoms. The number of nitrogens with zero attached hydrogens (tertiary/aromatic N) is 1. The molecule has 1 aromatic heterocycles. The lowest BCUT2D eigenvalue weighted by molar-refractivity contribution is -0.136. The fraction of sp³-hybridized carbons (Fsp3) is 0.400. The molecular formula is C10H15N3O5S. The maximum atomic E-state index is 11.8. The van der Waals surface area contributed by atoms with Crippen molar-refractivity contribution in [3.05, 3.63) is 18.0 Å². The van der Waals surface area contributed by atoms with Crippen molar-refractivity contribution in [3.8, 4) is 0 Å². The Hall–Kier alpha value is -1.87. The number of hydrogen-bond acceptors (Lipinski definition) is 4. The first kappa shape index (κ1) is 15.2. The summed E-state index contributed by atoms with van der Waals surface area (Å²) in [5.74, 6) is -1.50. The number of aryl methyl sites for hydroxylation is 1. The van der Waals surface area contributed by atoms with Crippen molar-refractivity contribution in [1.82, 2.24) is 14.6 Å². The summed E-state index contributed by atoms with van der Waals surface area (Å²) in [5, 5.41) is 10.8. The van der Waals surface area contributed by atoms with Crippen LogP contribution in [0.2, 0.25) is 0 Å². The predicted molar refractivity (Wildman–Crippen MR) is 66.2 cm³/mol. The number of carboxylic acid groups (broad SMARTS) is 1. The Morgan fingerprint density at radius 1 is 1.42 bits per heavy atom. The van der Waals surface area contributed by atoms with Crippen LogP contribution in [0.5, 0.6) is 0 Å². The minimum Gasteiger partial charge on any atom is -0.481 e. The van der Waals surface area contributed by atoms with Gasteiger partial charge in [0, 0.05) is 26.8 Å². The average Bonchev–Trinajstić information content (AvgIpc) is 2.70. The first-order valence-electron chi connectivity index (χ1n) is 5.38. The third-order valence-electron chi connectivity index (χ3n) is 2.38. The van der Waals surface area contributed by atoms with Crippen LogP contribution in [0.1, 0.15) is 16.9 Å². The summed E-state index contributed by atoms with van der Waals surface area (Å²) in [6.45, 7) is -0.206. The number of nitrogens with one attached hydrogen (secondary N) is 2. The van der Waals surface area contributed by atoms with Gasteiger partial charge in [0.1, 0.15) is 10.6 Å². The fourth-order valence-corrected chi connectivity index (χ4v) is 2.51. The number of carbonyl (C=O) groups excluding carboxylic acids is 1. The number of carbonyl (C=O) groups is 2. The van der Waals surface area contributed by atoms with E-state index in [2.05, 4.69) is 10.0 Å². The van der Waals surface area contributed by atoms with E-state index in [-0.39, 0.29) is 23.6 Å². The SMILES string of the molecule is CNC(=O)c1cc(S(=O)(=O)NCCC(=O)O)cn1C. The van der Waals surface area contributed by atoms with Gasteiger partial charge in [-0.2, -0.15) is 0 Å². The number of hydrogen-bond donors (Lipinski definition) is 3.